The van der Waals surface area contributed by atoms with E-state index in [9.17, 15) is 40.0 Å². The lowest BCUT2D eigenvalue weighted by Crippen LogP contribution is -2.30. The van der Waals surface area contributed by atoms with E-state index in [1.54, 1.807) is 24.3 Å². The van der Waals surface area contributed by atoms with Crippen molar-refractivity contribution in [2.45, 2.75) is 25.2 Å². The first-order valence-electron chi connectivity index (χ1n) is 17.6. The summed E-state index contributed by atoms with van der Waals surface area (Å²) >= 11 is 6.80. The summed E-state index contributed by atoms with van der Waals surface area (Å²) in [4.78, 5) is 35.7. The van der Waals surface area contributed by atoms with E-state index in [1.165, 1.54) is 55.2 Å². The highest BCUT2D eigenvalue weighted by Crippen LogP contribution is 2.39. The van der Waals surface area contributed by atoms with Crippen LogP contribution in [-0.4, -0.2) is 52.2 Å². The average Bonchev–Trinajstić information content (AvgIpc) is 3.53. The number of pyridine rings is 1. The zero-order chi connectivity index (χ0) is 43.3. The first-order valence-corrected chi connectivity index (χ1v) is 19.8. The van der Waals surface area contributed by atoms with Gasteiger partial charge in [0.15, 0.2) is 17.7 Å². The molecule has 0 aliphatic carbocycles. The molecule has 0 aliphatic heterocycles. The van der Waals surface area contributed by atoms with Crippen LogP contribution in [0, 0.1) is 11.6 Å². The van der Waals surface area contributed by atoms with Gasteiger partial charge in [-0.25, -0.2) is 36.3 Å². The van der Waals surface area contributed by atoms with Crippen LogP contribution in [0.2, 0.25) is 5.02 Å². The van der Waals surface area contributed by atoms with Gasteiger partial charge in [0.2, 0.25) is 10.0 Å². The largest absolute Gasteiger partial charge is 0.497 e. The van der Waals surface area contributed by atoms with Crippen molar-refractivity contribution in [3.05, 3.63) is 141 Å². The molecule has 2 N–H and O–H groups in total. The quantitative estimate of drug-likeness (QED) is 0.129. The molecule has 7 rings (SSSR count). The van der Waals surface area contributed by atoms with Crippen molar-refractivity contribution in [2.75, 3.05) is 17.7 Å². The SMILES string of the molecule is COc1ccc(CN(c2nn(C)c3c(-n4c(C(Cc5cc(F)cc(F)c5)OC(N)=O)nc5cc(-c6cccc(C(F)(F)F)n6)ccc5c4=O)ccc(Cl)c23)S(C)(=O)=O)cc1. The van der Waals surface area contributed by atoms with Gasteiger partial charge in [-0.3, -0.25) is 14.0 Å². The molecule has 1 unspecified atom stereocenters. The van der Waals surface area contributed by atoms with Crippen LogP contribution in [0.1, 0.15) is 28.7 Å². The van der Waals surface area contributed by atoms with E-state index in [4.69, 9.17) is 26.8 Å². The minimum atomic E-state index is -4.76. The lowest BCUT2D eigenvalue weighted by molar-refractivity contribution is -0.141. The molecule has 0 saturated heterocycles. The van der Waals surface area contributed by atoms with Crippen LogP contribution in [0.4, 0.5) is 32.6 Å². The standard InChI is InChI=1S/C40H31ClF5N7O6S/c1-51-35-31(14-13-28(41)34(35)37(50-51)52(60(3,56)57)20-21-7-10-26(58-2)11-8-21)53-36(32(59-39(47)55)17-22-15-24(42)19-25(43)16-22)49-30-18-23(9-12-27(30)38(53)54)29-5-4-6-33(48-29)40(44,45)46/h4-16,18-19,32H,17,20H2,1-3H3,(H2,47,55). The Morgan fingerprint density at radius 1 is 0.950 bits per heavy atom. The number of alkyl halides is 3. The molecule has 7 aromatic rings. The van der Waals surface area contributed by atoms with Crippen LogP contribution in [0.25, 0.3) is 38.8 Å². The van der Waals surface area contributed by atoms with E-state index in [2.05, 4.69) is 15.1 Å². The predicted octanol–water partition coefficient (Wildman–Crippen LogP) is 7.64. The van der Waals surface area contributed by atoms with Gasteiger partial charge in [-0.2, -0.15) is 18.3 Å². The number of methoxy groups -OCH3 is 1. The molecule has 0 spiro atoms. The number of amides is 1. The van der Waals surface area contributed by atoms with Gasteiger partial charge in [0.05, 0.1) is 58.1 Å². The second-order valence-corrected chi connectivity index (χ2v) is 15.8. The smallest absolute Gasteiger partial charge is 0.433 e. The van der Waals surface area contributed by atoms with Crippen LogP contribution in [0.15, 0.2) is 95.8 Å². The summed E-state index contributed by atoms with van der Waals surface area (Å²) < 4.78 is 111. The molecule has 4 aromatic carbocycles. The van der Waals surface area contributed by atoms with Crippen molar-refractivity contribution in [3.63, 3.8) is 0 Å². The summed E-state index contributed by atoms with van der Waals surface area (Å²) in [5.41, 5.74) is 4.08. The second-order valence-electron chi connectivity index (χ2n) is 13.5. The molecule has 60 heavy (non-hydrogen) atoms. The minimum absolute atomic E-state index is 0.00457. The summed E-state index contributed by atoms with van der Waals surface area (Å²) in [6.07, 6.45) is -7.26. The van der Waals surface area contributed by atoms with E-state index < -0.39 is 57.7 Å². The van der Waals surface area contributed by atoms with E-state index in [1.807, 2.05) is 0 Å². The van der Waals surface area contributed by atoms with Gasteiger partial charge in [-0.15, -0.1) is 0 Å². The Morgan fingerprint density at radius 3 is 2.28 bits per heavy atom. The van der Waals surface area contributed by atoms with Crippen molar-refractivity contribution >= 4 is 55.3 Å². The second kappa shape index (κ2) is 15.9. The molecule has 0 aliphatic rings. The maximum absolute atomic E-state index is 14.9. The number of benzene rings is 4. The van der Waals surface area contributed by atoms with Crippen LogP contribution in [0.5, 0.6) is 5.75 Å². The lowest BCUT2D eigenvalue weighted by atomic mass is 10.0. The number of aryl methyl sites for hydroxylation is 1. The monoisotopic (exact) mass is 867 g/mol. The number of rotatable bonds is 11. The summed E-state index contributed by atoms with van der Waals surface area (Å²) in [6.45, 7) is -0.194. The Kier molecular flexibility index (Phi) is 11.0. The number of anilines is 1. The molecule has 20 heteroatoms. The van der Waals surface area contributed by atoms with Gasteiger partial charge in [0, 0.05) is 25.1 Å². The van der Waals surface area contributed by atoms with Gasteiger partial charge in [-0.05, 0) is 71.8 Å². The third-order valence-corrected chi connectivity index (χ3v) is 10.8. The maximum atomic E-state index is 14.9. The van der Waals surface area contributed by atoms with Gasteiger partial charge >= 0.3 is 12.3 Å². The van der Waals surface area contributed by atoms with Gasteiger partial charge in [-0.1, -0.05) is 35.9 Å². The van der Waals surface area contributed by atoms with Crippen LogP contribution in [0.3, 0.4) is 0 Å². The molecular formula is C40H31ClF5N7O6S. The lowest BCUT2D eigenvalue weighted by Gasteiger charge is -2.23. The number of hydrogen-bond acceptors (Lipinski definition) is 9. The van der Waals surface area contributed by atoms with Crippen LogP contribution in [-0.2, 0) is 40.9 Å². The van der Waals surface area contributed by atoms with Crippen molar-refractivity contribution in [1.82, 2.24) is 24.3 Å². The summed E-state index contributed by atoms with van der Waals surface area (Å²) in [5, 5.41) is 4.58. The molecular weight excluding hydrogens is 837 g/mol. The molecule has 3 heterocycles. The van der Waals surface area contributed by atoms with E-state index in [0.717, 1.165) is 39.4 Å². The summed E-state index contributed by atoms with van der Waals surface area (Å²) in [5.74, 6) is -1.85. The number of aromatic nitrogens is 5. The molecule has 310 valence electrons. The number of nitrogens with zero attached hydrogens (tertiary/aromatic N) is 6. The van der Waals surface area contributed by atoms with E-state index in [-0.39, 0.29) is 67.5 Å². The molecule has 13 nitrogen and oxygen atoms in total. The van der Waals surface area contributed by atoms with Crippen molar-refractivity contribution < 1.29 is 44.6 Å². The fraction of sp³-hybridized carbons (Fsp3) is 0.175. The fourth-order valence-corrected chi connectivity index (χ4v) is 7.83. The Hall–Kier alpha value is -6.60. The molecule has 0 fully saturated rings. The molecule has 3 aromatic heterocycles. The normalized spacial score (nSPS) is 12.5. The zero-order valence-electron chi connectivity index (χ0n) is 31.5. The average molecular weight is 868 g/mol. The summed E-state index contributed by atoms with van der Waals surface area (Å²) in [6, 6.07) is 19.3. The number of sulfonamides is 1. The van der Waals surface area contributed by atoms with Gasteiger partial charge in [0.25, 0.3) is 5.56 Å². The van der Waals surface area contributed by atoms with Crippen molar-refractivity contribution in [1.29, 1.82) is 0 Å². The minimum Gasteiger partial charge on any atom is -0.497 e. The van der Waals surface area contributed by atoms with Crippen molar-refractivity contribution in [2.24, 2.45) is 12.8 Å². The first kappa shape index (κ1) is 41.6. The number of fused-ring (bicyclic) bond motifs is 2. The van der Waals surface area contributed by atoms with Gasteiger partial charge < -0.3 is 15.2 Å². The number of carbonyl (C=O) groups excluding carboxylic acids is 1. The number of ether oxygens (including phenoxy) is 2. The molecule has 1 atom stereocenters. The Labute approximate surface area is 342 Å². The Bertz CT molecular complexity index is 2980. The highest BCUT2D eigenvalue weighted by Gasteiger charge is 2.33. The molecule has 0 saturated carbocycles. The third kappa shape index (κ3) is 8.30. The van der Waals surface area contributed by atoms with E-state index >= 15 is 0 Å². The zero-order valence-corrected chi connectivity index (χ0v) is 33.1. The Morgan fingerprint density at radius 2 is 1.65 bits per heavy atom. The number of halogens is 6. The summed E-state index contributed by atoms with van der Waals surface area (Å²) in [7, 11) is -1.11. The Balaban J connectivity index is 1.50. The number of nitrogens with two attached hydrogens (primary N) is 1. The first-order chi connectivity index (χ1) is 28.3. The predicted molar refractivity (Wildman–Crippen MR) is 212 cm³/mol. The number of primary amides is 1. The van der Waals surface area contributed by atoms with Gasteiger partial charge in [0.1, 0.15) is 23.1 Å². The fourth-order valence-electron chi connectivity index (χ4n) is 6.77. The number of hydrogen-bond donors (Lipinski definition) is 1. The molecule has 0 radical (unpaired) electrons. The molecule has 1 amide bonds. The van der Waals surface area contributed by atoms with Crippen molar-refractivity contribution in [3.8, 4) is 22.7 Å². The number of carbonyl (C=O) groups is 1. The maximum Gasteiger partial charge on any atom is 0.433 e. The topological polar surface area (TPSA) is 165 Å². The highest BCUT2D eigenvalue weighted by molar-refractivity contribution is 7.92. The van der Waals surface area contributed by atoms with Crippen LogP contribution >= 0.6 is 11.6 Å². The molecule has 0 bridgehead atoms. The van der Waals surface area contributed by atoms with Crippen LogP contribution < -0.4 is 20.3 Å². The van der Waals surface area contributed by atoms with E-state index in [0.29, 0.717) is 17.4 Å². The third-order valence-electron chi connectivity index (χ3n) is 9.38. The highest BCUT2D eigenvalue weighted by atomic mass is 35.5.